The third-order valence-electron chi connectivity index (χ3n) is 6.34. The summed E-state index contributed by atoms with van der Waals surface area (Å²) in [5.74, 6) is -1.83. The number of sulfonamides is 1. The molecule has 0 aromatic carbocycles. The molecule has 3 heterocycles. The summed E-state index contributed by atoms with van der Waals surface area (Å²) in [6.07, 6.45) is 4.35. The first kappa shape index (κ1) is 18.9. The van der Waals surface area contributed by atoms with E-state index in [9.17, 15) is 17.2 Å². The molecule has 2 fully saturated rings. The van der Waals surface area contributed by atoms with Gasteiger partial charge < -0.3 is 4.98 Å². The number of nitrogens with one attached hydrogen (secondary N) is 2. The molecule has 2 N–H and O–H groups in total. The van der Waals surface area contributed by atoms with Gasteiger partial charge in [-0.05, 0) is 24.8 Å². The van der Waals surface area contributed by atoms with Crippen LogP contribution < -0.4 is 4.72 Å². The van der Waals surface area contributed by atoms with Crippen LogP contribution in [-0.2, 0) is 10.0 Å². The Bertz CT molecular complexity index is 1170. The van der Waals surface area contributed by atoms with Gasteiger partial charge in [0.05, 0.1) is 17.0 Å². The minimum atomic E-state index is -3.76. The number of fused-ring (bicyclic) bond motifs is 3. The smallest absolute Gasteiger partial charge is 0.250 e. The van der Waals surface area contributed by atoms with Crippen molar-refractivity contribution in [1.29, 1.82) is 0 Å². The van der Waals surface area contributed by atoms with Crippen LogP contribution in [0.25, 0.3) is 16.8 Å². The van der Waals surface area contributed by atoms with Crippen LogP contribution >= 0.6 is 0 Å². The van der Waals surface area contributed by atoms with Crippen molar-refractivity contribution in [1.82, 2.24) is 29.3 Å². The second-order valence-corrected chi connectivity index (χ2v) is 10.2. The molecule has 0 saturated heterocycles. The van der Waals surface area contributed by atoms with Gasteiger partial charge in [-0.3, -0.25) is 4.40 Å². The summed E-state index contributed by atoms with van der Waals surface area (Å²) in [4.78, 5) is 7.40. The summed E-state index contributed by atoms with van der Waals surface area (Å²) < 4.78 is 55.9. The molecule has 0 bridgehead atoms. The lowest BCUT2D eigenvalue weighted by atomic mass is 9.93. The number of halogens is 2. The first-order chi connectivity index (χ1) is 13.8. The van der Waals surface area contributed by atoms with Crippen molar-refractivity contribution in [3.05, 3.63) is 24.3 Å². The van der Waals surface area contributed by atoms with Crippen molar-refractivity contribution in [2.75, 3.05) is 0 Å². The van der Waals surface area contributed by atoms with Crippen molar-refractivity contribution in [2.24, 2.45) is 5.92 Å². The van der Waals surface area contributed by atoms with Crippen LogP contribution in [0.2, 0.25) is 0 Å². The minimum absolute atomic E-state index is 0.0195. The lowest BCUT2D eigenvalue weighted by molar-refractivity contribution is -0.0688. The van der Waals surface area contributed by atoms with E-state index < -0.39 is 34.0 Å². The van der Waals surface area contributed by atoms with Crippen molar-refractivity contribution >= 4 is 26.8 Å². The largest absolute Gasteiger partial charge is 0.345 e. The molecule has 5 rings (SSSR count). The highest BCUT2D eigenvalue weighted by Crippen LogP contribution is 2.44. The fourth-order valence-electron chi connectivity index (χ4n) is 4.78. The molecule has 3 atom stereocenters. The zero-order valence-electron chi connectivity index (χ0n) is 15.8. The summed E-state index contributed by atoms with van der Waals surface area (Å²) in [7, 11) is -3.76. The number of rotatable bonds is 5. The minimum Gasteiger partial charge on any atom is -0.345 e. The summed E-state index contributed by atoms with van der Waals surface area (Å²) >= 11 is 0. The molecule has 8 nitrogen and oxygen atoms in total. The summed E-state index contributed by atoms with van der Waals surface area (Å²) in [6.45, 7) is 2.07. The Kier molecular flexibility index (Phi) is 4.18. The van der Waals surface area contributed by atoms with E-state index in [0.29, 0.717) is 18.5 Å². The Hall–Kier alpha value is -2.14. The fraction of sp³-hybridized carbons (Fsp3) is 0.611. The third-order valence-corrected chi connectivity index (χ3v) is 8.21. The van der Waals surface area contributed by atoms with Gasteiger partial charge in [0.1, 0.15) is 5.82 Å². The SMILES string of the molecule is CCC1CC(NS(=O)(=O)C2CC(F)(F)C2)CC1c1nnc2cnc3[nH]ccc3n12. The Morgan fingerprint density at radius 3 is 2.83 bits per heavy atom. The maximum atomic E-state index is 13.1. The van der Waals surface area contributed by atoms with Gasteiger partial charge in [0.15, 0.2) is 11.3 Å². The summed E-state index contributed by atoms with van der Waals surface area (Å²) in [5.41, 5.74) is 2.24. The molecule has 156 valence electrons. The number of H-pyrrole nitrogens is 1. The van der Waals surface area contributed by atoms with Gasteiger partial charge in [-0.2, -0.15) is 0 Å². The van der Waals surface area contributed by atoms with Gasteiger partial charge in [0.25, 0.3) is 5.92 Å². The number of hydrogen-bond acceptors (Lipinski definition) is 5. The van der Waals surface area contributed by atoms with Crippen molar-refractivity contribution < 1.29 is 17.2 Å². The van der Waals surface area contributed by atoms with Crippen LogP contribution in [-0.4, -0.2) is 50.2 Å². The molecular formula is C18H22F2N6O2S. The lowest BCUT2D eigenvalue weighted by Crippen LogP contribution is -2.50. The standard InChI is InChI=1S/C18H22F2N6O2S/c1-2-10-5-11(25-29(27,28)12-7-18(19,20)8-12)6-13(10)17-24-23-15-9-22-16-14(26(15)17)3-4-21-16/h3-4,9-13,21,25H,2,5-8H2,1H3. The highest BCUT2D eigenvalue weighted by molar-refractivity contribution is 7.90. The van der Waals surface area contributed by atoms with E-state index >= 15 is 0 Å². The molecule has 3 aromatic heterocycles. The molecule has 3 unspecified atom stereocenters. The van der Waals surface area contributed by atoms with Crippen LogP contribution in [0.4, 0.5) is 8.78 Å². The van der Waals surface area contributed by atoms with E-state index in [4.69, 9.17) is 0 Å². The number of aromatic amines is 1. The number of aromatic nitrogens is 5. The van der Waals surface area contributed by atoms with E-state index in [2.05, 4.69) is 31.8 Å². The van der Waals surface area contributed by atoms with Gasteiger partial charge in [-0.25, -0.2) is 26.9 Å². The molecule has 2 aliphatic rings. The number of alkyl halides is 2. The zero-order valence-corrected chi connectivity index (χ0v) is 16.7. The quantitative estimate of drug-likeness (QED) is 0.655. The average molecular weight is 424 g/mol. The van der Waals surface area contributed by atoms with Gasteiger partial charge in [-0.15, -0.1) is 10.2 Å². The van der Waals surface area contributed by atoms with Crippen molar-refractivity contribution in [3.8, 4) is 0 Å². The molecular weight excluding hydrogens is 402 g/mol. The van der Waals surface area contributed by atoms with E-state index in [0.717, 1.165) is 23.4 Å². The number of nitrogens with zero attached hydrogens (tertiary/aromatic N) is 4. The van der Waals surface area contributed by atoms with Gasteiger partial charge in [0, 0.05) is 31.0 Å². The Balaban J connectivity index is 1.42. The topological polar surface area (TPSA) is 105 Å². The highest BCUT2D eigenvalue weighted by atomic mass is 32.2. The predicted octanol–water partition coefficient (Wildman–Crippen LogP) is 2.59. The van der Waals surface area contributed by atoms with E-state index in [1.54, 1.807) is 12.4 Å². The molecule has 0 aliphatic heterocycles. The average Bonchev–Trinajstić information content (AvgIpc) is 3.35. The molecule has 2 saturated carbocycles. The summed E-state index contributed by atoms with van der Waals surface area (Å²) in [5, 5.41) is 7.64. The maximum Gasteiger partial charge on any atom is 0.250 e. The van der Waals surface area contributed by atoms with Crippen molar-refractivity contribution in [3.63, 3.8) is 0 Å². The van der Waals surface area contributed by atoms with Crippen LogP contribution in [0.5, 0.6) is 0 Å². The third kappa shape index (κ3) is 3.10. The Morgan fingerprint density at radius 1 is 1.31 bits per heavy atom. The molecule has 29 heavy (non-hydrogen) atoms. The van der Waals surface area contributed by atoms with Gasteiger partial charge in [-0.1, -0.05) is 13.3 Å². The monoisotopic (exact) mass is 424 g/mol. The Morgan fingerprint density at radius 2 is 2.10 bits per heavy atom. The molecule has 2 aliphatic carbocycles. The second kappa shape index (κ2) is 6.43. The zero-order chi connectivity index (χ0) is 20.4. The van der Waals surface area contributed by atoms with Crippen LogP contribution in [0, 0.1) is 5.92 Å². The molecule has 11 heteroatoms. The first-order valence-corrected chi connectivity index (χ1v) is 11.4. The predicted molar refractivity (Wildman–Crippen MR) is 102 cm³/mol. The van der Waals surface area contributed by atoms with E-state index in [-0.39, 0.29) is 17.9 Å². The molecule has 0 radical (unpaired) electrons. The summed E-state index contributed by atoms with van der Waals surface area (Å²) in [6, 6.07) is 1.62. The fourth-order valence-corrected chi connectivity index (χ4v) is 6.56. The van der Waals surface area contributed by atoms with E-state index in [1.165, 1.54) is 0 Å². The van der Waals surface area contributed by atoms with Crippen molar-refractivity contribution in [2.45, 2.75) is 62.2 Å². The lowest BCUT2D eigenvalue weighted by Gasteiger charge is -2.34. The van der Waals surface area contributed by atoms with Crippen LogP contribution in [0.15, 0.2) is 18.5 Å². The van der Waals surface area contributed by atoms with Gasteiger partial charge >= 0.3 is 0 Å². The maximum absolute atomic E-state index is 13.1. The van der Waals surface area contributed by atoms with E-state index in [1.807, 2.05) is 10.5 Å². The normalized spacial score (nSPS) is 27.6. The van der Waals surface area contributed by atoms with Gasteiger partial charge in [0.2, 0.25) is 10.0 Å². The number of hydrogen-bond donors (Lipinski definition) is 2. The van der Waals surface area contributed by atoms with Crippen LogP contribution in [0.3, 0.4) is 0 Å². The van der Waals surface area contributed by atoms with Crippen LogP contribution in [0.1, 0.15) is 50.8 Å². The molecule has 3 aromatic rings. The molecule has 0 amide bonds. The molecule has 0 spiro atoms. The highest BCUT2D eigenvalue weighted by Gasteiger charge is 2.52. The second-order valence-electron chi connectivity index (χ2n) is 8.21. The first-order valence-electron chi connectivity index (χ1n) is 9.83. The Labute approximate surface area is 166 Å².